The van der Waals surface area contributed by atoms with Crippen LogP contribution in [0.4, 0.5) is 5.82 Å². The van der Waals surface area contributed by atoms with Gasteiger partial charge in [0, 0.05) is 46.4 Å². The average molecular weight is 705 g/mol. The Balaban J connectivity index is 1.37. The van der Waals surface area contributed by atoms with Gasteiger partial charge >= 0.3 is 11.9 Å². The van der Waals surface area contributed by atoms with E-state index in [0.29, 0.717) is 46.3 Å². The standard InChI is InChI=1S/C33H29ClN6O8S/c34-25-13-22(32(44)40-12-2-1-3-28(40)33(45)46)11-10-20(25)7-4-19-5-8-21(9-6-19)26-14-23(31(43)39-35)24-16-36-29(15-27(24)38-26)37-18-49(47,48)17-30(41)42/h5-6,8-11,13-16,28H,1-3,12,17-18,35H2,(H,36,37)(H,39,43)(H,41,42)(H,45,46)/t28-/m0/s1. The zero-order valence-electron chi connectivity index (χ0n) is 25.6. The number of pyridine rings is 2. The van der Waals surface area contributed by atoms with E-state index < -0.39 is 51.3 Å². The number of carbonyl (C=O) groups is 4. The van der Waals surface area contributed by atoms with Gasteiger partial charge in [-0.25, -0.2) is 29.0 Å². The number of fused-ring (bicyclic) bond motifs is 1. The van der Waals surface area contributed by atoms with Gasteiger partial charge in [0.2, 0.25) is 0 Å². The second-order valence-corrected chi connectivity index (χ2v) is 13.6. The molecule has 0 spiro atoms. The Labute approximate surface area is 285 Å². The van der Waals surface area contributed by atoms with Gasteiger partial charge in [0.1, 0.15) is 23.5 Å². The van der Waals surface area contributed by atoms with E-state index in [1.807, 2.05) is 0 Å². The summed E-state index contributed by atoms with van der Waals surface area (Å²) in [4.78, 5) is 58.3. The van der Waals surface area contributed by atoms with E-state index in [2.05, 4.69) is 32.6 Å². The van der Waals surface area contributed by atoms with Crippen molar-refractivity contribution in [3.63, 3.8) is 0 Å². The fourth-order valence-corrected chi connectivity index (χ4v) is 6.34. The van der Waals surface area contributed by atoms with Crippen molar-refractivity contribution in [3.8, 4) is 23.1 Å². The van der Waals surface area contributed by atoms with Crippen LogP contribution in [0.25, 0.3) is 22.2 Å². The van der Waals surface area contributed by atoms with Crippen LogP contribution in [0.15, 0.2) is 60.8 Å². The number of nitrogens with one attached hydrogen (secondary N) is 2. The molecule has 6 N–H and O–H groups in total. The first-order chi connectivity index (χ1) is 23.3. The minimum Gasteiger partial charge on any atom is -0.480 e. The highest BCUT2D eigenvalue weighted by Gasteiger charge is 2.32. The Hall–Kier alpha value is -5.56. The third-order valence-corrected chi connectivity index (χ3v) is 9.26. The van der Waals surface area contributed by atoms with Crippen molar-refractivity contribution in [2.24, 2.45) is 5.84 Å². The summed E-state index contributed by atoms with van der Waals surface area (Å²) >= 11 is 6.45. The predicted octanol–water partition coefficient (Wildman–Crippen LogP) is 2.90. The molecule has 16 heteroatoms. The van der Waals surface area contributed by atoms with Gasteiger partial charge in [-0.3, -0.25) is 19.8 Å². The molecule has 0 unspecified atom stereocenters. The predicted molar refractivity (Wildman–Crippen MR) is 180 cm³/mol. The highest BCUT2D eigenvalue weighted by Crippen LogP contribution is 2.27. The van der Waals surface area contributed by atoms with Gasteiger partial charge < -0.3 is 20.4 Å². The van der Waals surface area contributed by atoms with Crippen LogP contribution in [0.2, 0.25) is 5.02 Å². The number of sulfone groups is 1. The maximum Gasteiger partial charge on any atom is 0.326 e. The molecular formula is C33H29ClN6O8S. The van der Waals surface area contributed by atoms with Gasteiger partial charge in [-0.2, -0.15) is 0 Å². The number of aromatic nitrogens is 2. The second-order valence-electron chi connectivity index (χ2n) is 11.1. The van der Waals surface area contributed by atoms with Crippen molar-refractivity contribution >= 4 is 61.9 Å². The quantitative estimate of drug-likeness (QED) is 0.0735. The lowest BCUT2D eigenvalue weighted by Crippen LogP contribution is -2.47. The Bertz CT molecular complexity index is 2150. The minimum atomic E-state index is -3.96. The molecule has 1 aliphatic heterocycles. The number of rotatable bonds is 9. The van der Waals surface area contributed by atoms with Crippen molar-refractivity contribution in [1.82, 2.24) is 20.3 Å². The molecule has 3 heterocycles. The van der Waals surface area contributed by atoms with Crippen LogP contribution in [0.1, 0.15) is 51.1 Å². The summed E-state index contributed by atoms with van der Waals surface area (Å²) in [5.41, 5.74) is 4.93. The van der Waals surface area contributed by atoms with Crippen molar-refractivity contribution in [2.75, 3.05) is 23.5 Å². The van der Waals surface area contributed by atoms with E-state index in [9.17, 15) is 32.7 Å². The van der Waals surface area contributed by atoms with Gasteiger partial charge in [-0.1, -0.05) is 35.6 Å². The fraction of sp³-hybridized carbons (Fsp3) is 0.212. The summed E-state index contributed by atoms with van der Waals surface area (Å²) < 4.78 is 24.0. The van der Waals surface area contributed by atoms with Gasteiger partial charge in [0.15, 0.2) is 9.84 Å². The number of piperidine rings is 1. The fourth-order valence-electron chi connectivity index (χ4n) is 5.27. The molecule has 0 bridgehead atoms. The van der Waals surface area contributed by atoms with Crippen LogP contribution >= 0.6 is 11.6 Å². The number of carboxylic acid groups (broad SMARTS) is 2. The molecule has 1 saturated heterocycles. The van der Waals surface area contributed by atoms with Gasteiger partial charge in [0.25, 0.3) is 11.8 Å². The summed E-state index contributed by atoms with van der Waals surface area (Å²) in [6.07, 6.45) is 3.21. The summed E-state index contributed by atoms with van der Waals surface area (Å²) in [5.74, 6) is 6.27. The number of halogens is 1. The normalized spacial score (nSPS) is 14.4. The number of carboxylic acids is 2. The summed E-state index contributed by atoms with van der Waals surface area (Å²) in [7, 11) is -3.96. The number of carbonyl (C=O) groups excluding carboxylic acids is 2. The maximum absolute atomic E-state index is 13.1. The van der Waals surface area contributed by atoms with Crippen LogP contribution < -0.4 is 16.6 Å². The lowest BCUT2D eigenvalue weighted by molar-refractivity contribution is -0.143. The monoisotopic (exact) mass is 704 g/mol. The topological polar surface area (TPSA) is 222 Å². The first-order valence-corrected chi connectivity index (χ1v) is 17.0. The van der Waals surface area contributed by atoms with Gasteiger partial charge in [0.05, 0.1) is 21.8 Å². The van der Waals surface area contributed by atoms with E-state index >= 15 is 0 Å². The van der Waals surface area contributed by atoms with E-state index in [1.165, 1.54) is 29.3 Å². The SMILES string of the molecule is NNC(=O)c1cc(-c2ccc(C#Cc3ccc(C(=O)N4CCCC[C@H]4C(=O)O)cc3Cl)cc2)nc2cc(NCS(=O)(=O)CC(=O)O)ncc12. The highest BCUT2D eigenvalue weighted by atomic mass is 35.5. The van der Waals surface area contributed by atoms with Gasteiger partial charge in [-0.05, 0) is 55.7 Å². The highest BCUT2D eigenvalue weighted by molar-refractivity contribution is 7.92. The molecule has 1 fully saturated rings. The van der Waals surface area contributed by atoms with E-state index in [4.69, 9.17) is 22.6 Å². The summed E-state index contributed by atoms with van der Waals surface area (Å²) in [5, 5.41) is 21.5. The van der Waals surface area contributed by atoms with Crippen molar-refractivity contribution in [3.05, 3.63) is 88.1 Å². The number of nitrogens with two attached hydrogens (primary N) is 1. The Morgan fingerprint density at radius 2 is 1.78 bits per heavy atom. The molecule has 4 aromatic rings. The smallest absolute Gasteiger partial charge is 0.326 e. The first kappa shape index (κ1) is 34.8. The molecule has 49 heavy (non-hydrogen) atoms. The van der Waals surface area contributed by atoms with Crippen LogP contribution in [-0.4, -0.2) is 81.5 Å². The van der Waals surface area contributed by atoms with Crippen LogP contribution in [-0.2, 0) is 19.4 Å². The zero-order valence-corrected chi connectivity index (χ0v) is 27.2. The number of aliphatic carboxylic acids is 2. The van der Waals surface area contributed by atoms with E-state index in [1.54, 1.807) is 36.4 Å². The molecule has 1 aliphatic rings. The number of benzene rings is 2. The van der Waals surface area contributed by atoms with Crippen molar-refractivity contribution in [2.45, 2.75) is 25.3 Å². The van der Waals surface area contributed by atoms with Crippen molar-refractivity contribution < 1.29 is 37.8 Å². The molecule has 5 rings (SSSR count). The largest absolute Gasteiger partial charge is 0.480 e. The third-order valence-electron chi connectivity index (χ3n) is 7.67. The molecular weight excluding hydrogens is 676 g/mol. The number of hydrogen-bond acceptors (Lipinski definition) is 10. The average Bonchev–Trinajstić information content (AvgIpc) is 3.08. The Morgan fingerprint density at radius 3 is 2.45 bits per heavy atom. The third kappa shape index (κ3) is 8.30. The van der Waals surface area contributed by atoms with E-state index in [0.717, 1.165) is 12.8 Å². The number of likely N-dealkylation sites (tertiary alicyclic amines) is 1. The second kappa shape index (κ2) is 14.7. The number of amides is 2. The molecule has 2 aromatic carbocycles. The Morgan fingerprint density at radius 1 is 1.02 bits per heavy atom. The maximum atomic E-state index is 13.1. The number of anilines is 1. The van der Waals surface area contributed by atoms with Crippen LogP contribution in [0.3, 0.4) is 0 Å². The lowest BCUT2D eigenvalue weighted by Gasteiger charge is -2.33. The molecule has 2 amide bonds. The number of hydrogen-bond donors (Lipinski definition) is 5. The number of nitrogens with zero attached hydrogens (tertiary/aromatic N) is 3. The van der Waals surface area contributed by atoms with Gasteiger partial charge in [-0.15, -0.1) is 0 Å². The summed E-state index contributed by atoms with van der Waals surface area (Å²) in [6, 6.07) is 13.7. The molecule has 0 radical (unpaired) electrons. The molecule has 14 nitrogen and oxygen atoms in total. The first-order valence-electron chi connectivity index (χ1n) is 14.8. The van der Waals surface area contributed by atoms with Crippen LogP contribution in [0.5, 0.6) is 0 Å². The van der Waals surface area contributed by atoms with Crippen LogP contribution in [0, 0.1) is 11.8 Å². The molecule has 0 aliphatic carbocycles. The molecule has 2 aromatic heterocycles. The number of hydrazine groups is 1. The Kier molecular flexibility index (Phi) is 10.4. The summed E-state index contributed by atoms with van der Waals surface area (Å²) in [6.45, 7) is 0.360. The van der Waals surface area contributed by atoms with E-state index in [-0.39, 0.29) is 22.0 Å². The molecule has 1 atom stereocenters. The number of nitrogen functional groups attached to an aromatic ring is 1. The molecule has 0 saturated carbocycles. The minimum absolute atomic E-state index is 0.0999. The zero-order chi connectivity index (χ0) is 35.3. The molecule has 252 valence electrons. The lowest BCUT2D eigenvalue weighted by atomic mass is 10.0. The van der Waals surface area contributed by atoms with Crippen molar-refractivity contribution in [1.29, 1.82) is 0 Å².